The number of nitrogens with one attached hydrogen (secondary N) is 2. The maximum atomic E-state index is 11.2. The van der Waals surface area contributed by atoms with E-state index in [1.54, 1.807) is 18.5 Å². The summed E-state index contributed by atoms with van der Waals surface area (Å²) in [6.45, 7) is 0. The van der Waals surface area contributed by atoms with Gasteiger partial charge in [0.25, 0.3) is 5.91 Å². The lowest BCUT2D eigenvalue weighted by atomic mass is 10.1. The zero-order valence-electron chi connectivity index (χ0n) is 11.3. The highest BCUT2D eigenvalue weighted by Crippen LogP contribution is 2.27. The Morgan fingerprint density at radius 3 is 2.86 bits per heavy atom. The number of nitrogens with two attached hydrogens (primary N) is 1. The fourth-order valence-corrected chi connectivity index (χ4v) is 3.06. The van der Waals surface area contributed by atoms with Gasteiger partial charge in [-0.25, -0.2) is 5.10 Å². The van der Waals surface area contributed by atoms with Crippen LogP contribution in [0.3, 0.4) is 0 Å². The average Bonchev–Trinajstić information content (AvgIpc) is 3.25. The van der Waals surface area contributed by atoms with Gasteiger partial charge in [0.1, 0.15) is 6.20 Å². The molecule has 4 aromatic heterocycles. The number of nitrogens with zero attached hydrogens (tertiary/aromatic N) is 3. The van der Waals surface area contributed by atoms with E-state index < -0.39 is 5.91 Å². The number of thiophene rings is 1. The van der Waals surface area contributed by atoms with Crippen LogP contribution in [0.4, 0.5) is 0 Å². The number of amides is 1. The summed E-state index contributed by atoms with van der Waals surface area (Å²) in [5, 5.41) is 11.8. The van der Waals surface area contributed by atoms with E-state index in [1.165, 1.54) is 11.3 Å². The quantitative estimate of drug-likeness (QED) is 0.498. The van der Waals surface area contributed by atoms with E-state index in [0.29, 0.717) is 4.88 Å². The van der Waals surface area contributed by atoms with E-state index >= 15 is 0 Å². The molecule has 0 bridgehead atoms. The molecule has 1 amide bonds. The van der Waals surface area contributed by atoms with E-state index in [9.17, 15) is 4.79 Å². The summed E-state index contributed by atoms with van der Waals surface area (Å²) in [5.74, 6) is -0.418. The number of H-pyrrole nitrogens is 2. The minimum absolute atomic E-state index is 0.418. The third-order valence-electron chi connectivity index (χ3n) is 3.40. The van der Waals surface area contributed by atoms with Gasteiger partial charge in [0.05, 0.1) is 28.4 Å². The van der Waals surface area contributed by atoms with Gasteiger partial charge in [-0.05, 0) is 16.4 Å². The Labute approximate surface area is 128 Å². The molecule has 4 rings (SSSR count). The van der Waals surface area contributed by atoms with Crippen LogP contribution in [0.15, 0.2) is 42.4 Å². The third-order valence-corrected chi connectivity index (χ3v) is 4.34. The monoisotopic (exact) mass is 311 g/mol. The van der Waals surface area contributed by atoms with Crippen molar-refractivity contribution in [2.24, 2.45) is 5.73 Å². The molecule has 0 aromatic carbocycles. The lowest BCUT2D eigenvalue weighted by molar-refractivity contribution is -0.578. The molecule has 0 aliphatic rings. The number of carbonyl (C=O) groups excluding carboxylic acids is 1. The van der Waals surface area contributed by atoms with Crippen LogP contribution in [0, 0.1) is 0 Å². The van der Waals surface area contributed by atoms with Crippen molar-refractivity contribution in [3.05, 3.63) is 47.3 Å². The molecule has 0 spiro atoms. The molecule has 7 nitrogen and oxygen atoms in total. The molecule has 0 saturated carbocycles. The number of carbonyl (C=O) groups is 1. The third kappa shape index (κ3) is 1.97. The zero-order valence-corrected chi connectivity index (χ0v) is 12.1. The molecule has 0 aliphatic carbocycles. The van der Waals surface area contributed by atoms with Gasteiger partial charge in [0.2, 0.25) is 0 Å². The summed E-state index contributed by atoms with van der Waals surface area (Å²) >= 11 is 1.33. The van der Waals surface area contributed by atoms with E-state index in [1.807, 2.05) is 28.5 Å². The average molecular weight is 311 g/mol. The van der Waals surface area contributed by atoms with Crippen molar-refractivity contribution in [2.45, 2.75) is 0 Å². The first kappa shape index (κ1) is 12.7. The number of aromatic nitrogens is 5. The van der Waals surface area contributed by atoms with Gasteiger partial charge in [-0.2, -0.15) is 5.10 Å². The second kappa shape index (κ2) is 4.78. The smallest absolute Gasteiger partial charge is 0.355 e. The summed E-state index contributed by atoms with van der Waals surface area (Å²) < 4.78 is 1.83. The highest BCUT2D eigenvalue weighted by atomic mass is 32.1. The number of aromatic amines is 2. The van der Waals surface area contributed by atoms with Crippen molar-refractivity contribution < 1.29 is 9.31 Å². The Balaban J connectivity index is 1.81. The minimum atomic E-state index is -0.418. The molecule has 0 fully saturated rings. The fraction of sp³-hybridized carbons (Fsp3) is 0. The van der Waals surface area contributed by atoms with E-state index in [0.717, 1.165) is 27.9 Å². The fourth-order valence-electron chi connectivity index (χ4n) is 2.30. The van der Waals surface area contributed by atoms with Gasteiger partial charge in [0, 0.05) is 17.3 Å². The molecule has 0 atom stereocenters. The molecule has 22 heavy (non-hydrogen) atoms. The molecular formula is C14H11N6OS+. The summed E-state index contributed by atoms with van der Waals surface area (Å²) in [6, 6.07) is 1.78. The van der Waals surface area contributed by atoms with Crippen molar-refractivity contribution in [1.29, 1.82) is 0 Å². The number of primary amides is 1. The standard InChI is InChI=1S/C14H10N6OS/c15-13(21)12-1-8(7-22-12)11-5-19-20-6-10(2-16-14(11)20)9-3-17-18-4-9/h1-7H,(H3,15,17,18,21)/p+1. The molecule has 108 valence electrons. The lowest BCUT2D eigenvalue weighted by Crippen LogP contribution is -2.23. The van der Waals surface area contributed by atoms with E-state index in [4.69, 9.17) is 5.73 Å². The van der Waals surface area contributed by atoms with Crippen LogP contribution >= 0.6 is 11.3 Å². The maximum absolute atomic E-state index is 11.2. The molecule has 0 radical (unpaired) electrons. The minimum Gasteiger partial charge on any atom is -0.365 e. The van der Waals surface area contributed by atoms with Crippen LogP contribution in [-0.4, -0.2) is 26.2 Å². The Morgan fingerprint density at radius 1 is 1.23 bits per heavy atom. The Hall–Kier alpha value is -3.00. The number of rotatable bonds is 3. The first-order chi connectivity index (χ1) is 10.7. The molecule has 0 saturated heterocycles. The highest BCUT2D eigenvalue weighted by molar-refractivity contribution is 7.12. The zero-order chi connectivity index (χ0) is 15.1. The van der Waals surface area contributed by atoms with Crippen molar-refractivity contribution in [3.8, 4) is 22.3 Å². The SMILES string of the molecule is NC(=O)c1cc(-c2c[nH][n+]3cc(-c4cn[nH]c4)cnc23)cs1. The Morgan fingerprint density at radius 2 is 2.14 bits per heavy atom. The van der Waals surface area contributed by atoms with E-state index in [2.05, 4.69) is 20.3 Å². The highest BCUT2D eigenvalue weighted by Gasteiger charge is 2.18. The van der Waals surface area contributed by atoms with E-state index in [-0.39, 0.29) is 0 Å². The van der Waals surface area contributed by atoms with Gasteiger partial charge < -0.3 is 5.73 Å². The predicted octanol–water partition coefficient (Wildman–Crippen LogP) is 1.37. The van der Waals surface area contributed by atoms with Gasteiger partial charge in [-0.3, -0.25) is 9.89 Å². The number of hydrogen-bond donors (Lipinski definition) is 3. The topological polar surface area (TPSA) is 105 Å². The van der Waals surface area contributed by atoms with Crippen LogP contribution in [-0.2, 0) is 0 Å². The van der Waals surface area contributed by atoms with Gasteiger partial charge in [0.15, 0.2) is 6.20 Å². The lowest BCUT2D eigenvalue weighted by Gasteiger charge is -1.92. The molecule has 4 N–H and O–H groups in total. The van der Waals surface area contributed by atoms with Crippen molar-refractivity contribution >= 4 is 22.9 Å². The predicted molar refractivity (Wildman–Crippen MR) is 81.2 cm³/mol. The number of hydrogen-bond acceptors (Lipinski definition) is 4. The van der Waals surface area contributed by atoms with Crippen molar-refractivity contribution in [1.82, 2.24) is 20.3 Å². The molecule has 0 aliphatic heterocycles. The molecule has 0 unspecified atom stereocenters. The van der Waals surface area contributed by atoms with Crippen LogP contribution in [0.5, 0.6) is 0 Å². The normalized spacial score (nSPS) is 11.1. The largest absolute Gasteiger partial charge is 0.365 e. The number of fused-ring (bicyclic) bond motifs is 1. The molecule has 8 heteroatoms. The van der Waals surface area contributed by atoms with Gasteiger partial charge in [-0.1, -0.05) is 0 Å². The summed E-state index contributed by atoms with van der Waals surface area (Å²) in [4.78, 5) is 16.3. The second-order valence-electron chi connectivity index (χ2n) is 4.77. The second-order valence-corrected chi connectivity index (χ2v) is 5.69. The van der Waals surface area contributed by atoms with Crippen LogP contribution in [0.2, 0.25) is 0 Å². The first-order valence-corrected chi connectivity index (χ1v) is 7.37. The Kier molecular flexibility index (Phi) is 2.76. The van der Waals surface area contributed by atoms with Crippen LogP contribution in [0.1, 0.15) is 9.67 Å². The molecule has 4 aromatic rings. The van der Waals surface area contributed by atoms with Crippen molar-refractivity contribution in [2.75, 3.05) is 0 Å². The maximum Gasteiger partial charge on any atom is 0.355 e. The van der Waals surface area contributed by atoms with Crippen molar-refractivity contribution in [3.63, 3.8) is 0 Å². The van der Waals surface area contributed by atoms with Crippen LogP contribution in [0.25, 0.3) is 27.9 Å². The summed E-state index contributed by atoms with van der Waals surface area (Å²) in [7, 11) is 0. The molecular weight excluding hydrogens is 300 g/mol. The summed E-state index contributed by atoms with van der Waals surface area (Å²) in [6.07, 6.45) is 9.14. The van der Waals surface area contributed by atoms with Gasteiger partial charge in [-0.15, -0.1) is 15.9 Å². The molecule has 4 heterocycles. The summed E-state index contributed by atoms with van der Waals surface area (Å²) in [5.41, 5.74) is 9.83. The van der Waals surface area contributed by atoms with Crippen LogP contribution < -0.4 is 10.2 Å². The first-order valence-electron chi connectivity index (χ1n) is 6.49. The Bertz CT molecular complexity index is 968. The van der Waals surface area contributed by atoms with Gasteiger partial charge >= 0.3 is 5.65 Å².